The Morgan fingerprint density at radius 3 is 2.23 bits per heavy atom. The third kappa shape index (κ3) is 8.81. The summed E-state index contributed by atoms with van der Waals surface area (Å²) in [7, 11) is -6.99. The van der Waals surface area contributed by atoms with Gasteiger partial charge in [0.2, 0.25) is 10.0 Å². The third-order valence-electron chi connectivity index (χ3n) is 5.31. The number of anilines is 1. The lowest BCUT2D eigenvalue weighted by Crippen LogP contribution is -2.28. The fourth-order valence-electron chi connectivity index (χ4n) is 3.42. The van der Waals surface area contributed by atoms with Gasteiger partial charge in [-0.15, -0.1) is 11.3 Å². The van der Waals surface area contributed by atoms with Crippen LogP contribution in [0.1, 0.15) is 26.3 Å². The van der Waals surface area contributed by atoms with E-state index in [1.165, 1.54) is 11.3 Å². The lowest BCUT2D eigenvalue weighted by atomic mass is 10.1. The summed E-state index contributed by atoms with van der Waals surface area (Å²) in [6.45, 7) is 9.62. The van der Waals surface area contributed by atoms with E-state index in [1.54, 1.807) is 6.92 Å². The molecule has 1 heterocycles. The molecule has 0 unspecified atom stereocenters. The highest BCUT2D eigenvalue weighted by Crippen LogP contribution is 2.32. The average molecular weight is 544 g/mol. The molecule has 1 aromatic heterocycles. The molecule has 35 heavy (non-hydrogen) atoms. The normalized spacial score (nSPS) is 12.1. The Labute approximate surface area is 211 Å². The van der Waals surface area contributed by atoms with E-state index in [-0.39, 0.29) is 17.7 Å². The predicted molar refractivity (Wildman–Crippen MR) is 146 cm³/mol. The Morgan fingerprint density at radius 1 is 1.00 bits per heavy atom. The van der Waals surface area contributed by atoms with Crippen LogP contribution in [0, 0.1) is 0 Å². The molecule has 0 aliphatic carbocycles. The van der Waals surface area contributed by atoms with Crippen LogP contribution in [0.15, 0.2) is 41.2 Å². The second kappa shape index (κ2) is 12.7. The van der Waals surface area contributed by atoms with Crippen molar-refractivity contribution in [3.05, 3.63) is 52.2 Å². The minimum absolute atomic E-state index is 0.0229. The second-order valence-corrected chi connectivity index (χ2v) is 12.4. The van der Waals surface area contributed by atoms with Gasteiger partial charge >= 0.3 is 0 Å². The number of nitrogens with one attached hydrogen (secondary N) is 2. The number of sulfonamides is 1. The first kappa shape index (κ1) is 29.1. The van der Waals surface area contributed by atoms with Crippen LogP contribution >= 0.6 is 11.3 Å². The molecule has 0 amide bonds. The van der Waals surface area contributed by atoms with Crippen molar-refractivity contribution in [2.45, 2.75) is 27.3 Å². The third-order valence-corrected chi connectivity index (χ3v) is 7.90. The van der Waals surface area contributed by atoms with Crippen molar-refractivity contribution in [2.24, 2.45) is 0 Å². The molecule has 0 spiro atoms. The molecular formula is C23H33N3O6S3. The quantitative estimate of drug-likeness (QED) is 0.262. The number of likely N-dealkylation sites (N-methyl/N-ethyl adjacent to an activating group) is 1. The van der Waals surface area contributed by atoms with Crippen LogP contribution in [-0.4, -0.2) is 64.5 Å². The van der Waals surface area contributed by atoms with Crippen LogP contribution < -0.4 is 15.5 Å². The van der Waals surface area contributed by atoms with Gasteiger partial charge in [-0.05, 0) is 43.8 Å². The first-order valence-corrected chi connectivity index (χ1v) is 15.5. The van der Waals surface area contributed by atoms with Gasteiger partial charge in [0.1, 0.15) is 0 Å². The summed E-state index contributed by atoms with van der Waals surface area (Å²) in [5.41, 5.74) is 1.58. The summed E-state index contributed by atoms with van der Waals surface area (Å²) in [5, 5.41) is 4.75. The monoisotopic (exact) mass is 543 g/mol. The number of hydrogen-bond donors (Lipinski definition) is 3. The Hall–Kier alpha value is -2.09. The number of fused-ring (bicyclic) bond motifs is 2. The van der Waals surface area contributed by atoms with Gasteiger partial charge < -0.3 is 10.2 Å². The summed E-state index contributed by atoms with van der Waals surface area (Å²) in [4.78, 5) is 15.7. The van der Waals surface area contributed by atoms with Crippen LogP contribution in [0.5, 0.6) is 0 Å². The molecule has 0 saturated heterocycles. The zero-order valence-corrected chi connectivity index (χ0v) is 22.8. The number of hydrogen-bond acceptors (Lipinski definition) is 8. The Morgan fingerprint density at radius 2 is 1.63 bits per heavy atom. The van der Waals surface area contributed by atoms with Crippen molar-refractivity contribution >= 4 is 57.3 Å². The van der Waals surface area contributed by atoms with Crippen molar-refractivity contribution in [2.75, 3.05) is 43.5 Å². The standard InChI is InChI=1S/C22H29N3O3S2.CH4O3S/c1-4-25(5-2)14-13-23-18-12-11-16(15-24-30(27,28)6-3)22-20(18)21(26)17-9-7-8-10-19(17)29-22;1-5(2,3)4/h7-12,23-24H,4-6,13-15H2,1-3H3;1H3,(H,2,3,4). The van der Waals surface area contributed by atoms with Gasteiger partial charge in [-0.1, -0.05) is 32.0 Å². The summed E-state index contributed by atoms with van der Waals surface area (Å²) in [6, 6.07) is 11.4. The van der Waals surface area contributed by atoms with Gasteiger partial charge in [0.05, 0.1) is 17.4 Å². The highest BCUT2D eigenvalue weighted by molar-refractivity contribution is 7.89. The van der Waals surface area contributed by atoms with Gasteiger partial charge in [0.25, 0.3) is 10.1 Å². The first-order valence-electron chi connectivity index (χ1n) is 11.2. The van der Waals surface area contributed by atoms with Gasteiger partial charge in [0, 0.05) is 40.1 Å². The highest BCUT2D eigenvalue weighted by atomic mass is 32.2. The Bertz CT molecular complexity index is 1410. The van der Waals surface area contributed by atoms with Crippen LogP contribution in [0.3, 0.4) is 0 Å². The van der Waals surface area contributed by atoms with Gasteiger partial charge in [0.15, 0.2) is 5.43 Å². The van der Waals surface area contributed by atoms with Crippen molar-refractivity contribution in [3.8, 4) is 0 Å². The summed E-state index contributed by atoms with van der Waals surface area (Å²) < 4.78 is 54.1. The van der Waals surface area contributed by atoms with Gasteiger partial charge in [-0.3, -0.25) is 9.35 Å². The van der Waals surface area contributed by atoms with Crippen LogP contribution in [0.2, 0.25) is 0 Å². The molecule has 2 aromatic carbocycles. The van der Waals surface area contributed by atoms with Crippen molar-refractivity contribution < 1.29 is 21.4 Å². The SMILES string of the molecule is CCN(CC)CCNc1ccc(CNS(=O)(=O)CC)c2sc3ccccc3c(=O)c12.CS(=O)(=O)O. The molecule has 12 heteroatoms. The smallest absolute Gasteiger partial charge is 0.261 e. The lowest BCUT2D eigenvalue weighted by molar-refractivity contribution is 0.316. The minimum atomic E-state index is -3.67. The summed E-state index contributed by atoms with van der Waals surface area (Å²) in [5.74, 6) is 0.0229. The first-order chi connectivity index (χ1) is 16.4. The Kier molecular flexibility index (Phi) is 10.6. The highest BCUT2D eigenvalue weighted by Gasteiger charge is 2.15. The predicted octanol–water partition coefficient (Wildman–Crippen LogP) is 3.11. The zero-order valence-electron chi connectivity index (χ0n) is 20.4. The van der Waals surface area contributed by atoms with Crippen molar-refractivity contribution in [1.82, 2.24) is 9.62 Å². The molecule has 194 valence electrons. The molecule has 3 aromatic rings. The van der Waals surface area contributed by atoms with Crippen molar-refractivity contribution in [3.63, 3.8) is 0 Å². The van der Waals surface area contributed by atoms with E-state index in [9.17, 15) is 21.6 Å². The topological polar surface area (TPSA) is 133 Å². The maximum absolute atomic E-state index is 13.3. The number of rotatable bonds is 10. The largest absolute Gasteiger partial charge is 0.383 e. The lowest BCUT2D eigenvalue weighted by Gasteiger charge is -2.19. The Balaban J connectivity index is 0.000000784. The summed E-state index contributed by atoms with van der Waals surface area (Å²) in [6.07, 6.45) is 0.715. The maximum Gasteiger partial charge on any atom is 0.261 e. The molecule has 0 aliphatic rings. The molecule has 0 radical (unpaired) electrons. The maximum atomic E-state index is 13.3. The van der Waals surface area contributed by atoms with E-state index in [0.29, 0.717) is 17.0 Å². The molecule has 0 bridgehead atoms. The van der Waals surface area contributed by atoms with Crippen LogP contribution in [0.4, 0.5) is 5.69 Å². The average Bonchev–Trinajstić information content (AvgIpc) is 2.80. The van der Waals surface area contributed by atoms with E-state index in [1.807, 2.05) is 36.4 Å². The molecule has 0 atom stereocenters. The van der Waals surface area contributed by atoms with E-state index in [4.69, 9.17) is 4.55 Å². The van der Waals surface area contributed by atoms with Gasteiger partial charge in [-0.25, -0.2) is 13.1 Å². The van der Waals surface area contributed by atoms with Gasteiger partial charge in [-0.2, -0.15) is 8.42 Å². The second-order valence-electron chi connectivity index (χ2n) is 7.81. The summed E-state index contributed by atoms with van der Waals surface area (Å²) >= 11 is 1.53. The van der Waals surface area contributed by atoms with E-state index in [2.05, 4.69) is 28.8 Å². The number of nitrogens with zero attached hydrogens (tertiary/aromatic N) is 1. The minimum Gasteiger partial charge on any atom is -0.383 e. The van der Waals surface area contributed by atoms with E-state index < -0.39 is 20.1 Å². The molecule has 0 saturated carbocycles. The zero-order chi connectivity index (χ0) is 26.2. The molecule has 0 aliphatic heterocycles. The fourth-order valence-corrected chi connectivity index (χ4v) is 5.21. The number of benzene rings is 2. The molecule has 3 rings (SSSR count). The van der Waals surface area contributed by atoms with Crippen LogP contribution in [-0.2, 0) is 26.7 Å². The molecule has 9 nitrogen and oxygen atoms in total. The van der Waals surface area contributed by atoms with E-state index in [0.717, 1.165) is 46.8 Å². The van der Waals surface area contributed by atoms with Crippen molar-refractivity contribution in [1.29, 1.82) is 0 Å². The molecule has 3 N–H and O–H groups in total. The van der Waals surface area contributed by atoms with E-state index >= 15 is 0 Å². The van der Waals surface area contributed by atoms with Crippen LogP contribution in [0.25, 0.3) is 20.2 Å². The molecular weight excluding hydrogens is 510 g/mol. The molecule has 0 fully saturated rings. The fraction of sp³-hybridized carbons (Fsp3) is 0.435.